The van der Waals surface area contributed by atoms with E-state index < -0.39 is 0 Å². The van der Waals surface area contributed by atoms with Crippen LogP contribution in [-0.4, -0.2) is 33.9 Å². The van der Waals surface area contributed by atoms with Crippen LogP contribution in [0.2, 0.25) is 5.02 Å². The van der Waals surface area contributed by atoms with Crippen molar-refractivity contribution in [2.75, 3.05) is 14.2 Å². The molecule has 2 heterocycles. The minimum Gasteiger partial charge on any atom is -0.493 e. The number of aliphatic hydroxyl groups is 1. The van der Waals surface area contributed by atoms with Crippen molar-refractivity contribution in [2.24, 2.45) is 0 Å². The maximum atomic E-state index is 9.75. The lowest BCUT2D eigenvalue weighted by Gasteiger charge is -2.12. The van der Waals surface area contributed by atoms with Crippen molar-refractivity contribution >= 4 is 22.6 Å². The fraction of sp³-hybridized carbons (Fsp3) is 0.143. The molecule has 0 aliphatic carbocycles. The summed E-state index contributed by atoms with van der Waals surface area (Å²) in [5, 5.41) is 10.4. The van der Waals surface area contributed by atoms with Crippen LogP contribution in [-0.2, 0) is 6.61 Å². The molecular weight excluding hydrogens is 378 g/mol. The second kappa shape index (κ2) is 7.50. The van der Waals surface area contributed by atoms with Gasteiger partial charge in [-0.05, 0) is 18.2 Å². The lowest BCUT2D eigenvalue weighted by atomic mass is 10.1. The van der Waals surface area contributed by atoms with Crippen LogP contribution in [0.5, 0.6) is 11.5 Å². The summed E-state index contributed by atoms with van der Waals surface area (Å²) in [7, 11) is 3.18. The number of imidazole rings is 1. The van der Waals surface area contributed by atoms with E-state index in [0.717, 1.165) is 22.2 Å². The fourth-order valence-corrected chi connectivity index (χ4v) is 3.33. The van der Waals surface area contributed by atoms with Crippen LogP contribution in [0, 0.1) is 0 Å². The Morgan fingerprint density at radius 1 is 1.04 bits per heavy atom. The molecule has 0 aliphatic heterocycles. The second-order valence-corrected chi connectivity index (χ2v) is 6.59. The number of hydrogen-bond acceptors (Lipinski definition) is 5. The third-order valence-corrected chi connectivity index (χ3v) is 4.77. The number of halogens is 1. The average Bonchev–Trinajstić information content (AvgIpc) is 3.15. The summed E-state index contributed by atoms with van der Waals surface area (Å²) >= 11 is 6.14. The minimum absolute atomic E-state index is 0.120. The number of rotatable bonds is 5. The Morgan fingerprint density at radius 3 is 2.54 bits per heavy atom. The number of hydrogen-bond donors (Lipinski definition) is 1. The second-order valence-electron chi connectivity index (χ2n) is 6.16. The SMILES string of the molecule is COc1cc2ncn(-c3ccc(CO)c(-c4cccc(Cl)c4)n3)c2cc1OC. The molecule has 4 aromatic rings. The van der Waals surface area contributed by atoms with Gasteiger partial charge in [0.05, 0.1) is 37.6 Å². The molecule has 142 valence electrons. The van der Waals surface area contributed by atoms with E-state index >= 15 is 0 Å². The molecule has 0 radical (unpaired) electrons. The number of ether oxygens (including phenoxy) is 2. The van der Waals surface area contributed by atoms with E-state index in [9.17, 15) is 5.11 Å². The largest absolute Gasteiger partial charge is 0.493 e. The molecule has 0 saturated carbocycles. The molecule has 7 heteroatoms. The van der Waals surface area contributed by atoms with Crippen molar-refractivity contribution in [3.8, 4) is 28.6 Å². The van der Waals surface area contributed by atoms with E-state index in [1.54, 1.807) is 26.6 Å². The predicted molar refractivity (Wildman–Crippen MR) is 108 cm³/mol. The van der Waals surface area contributed by atoms with Crippen molar-refractivity contribution in [1.29, 1.82) is 0 Å². The van der Waals surface area contributed by atoms with Gasteiger partial charge in [-0.15, -0.1) is 0 Å². The highest BCUT2D eigenvalue weighted by Gasteiger charge is 2.14. The third-order valence-electron chi connectivity index (χ3n) is 4.53. The standard InChI is InChI=1S/C21H18ClN3O3/c1-27-18-9-16-17(10-19(18)28-2)25(12-23-16)20-7-6-14(11-26)21(24-20)13-4-3-5-15(22)8-13/h3-10,12,26H,11H2,1-2H3. The van der Waals surface area contributed by atoms with E-state index in [2.05, 4.69) is 4.98 Å². The van der Waals surface area contributed by atoms with Gasteiger partial charge in [0.2, 0.25) is 0 Å². The van der Waals surface area contributed by atoms with E-state index in [1.807, 2.05) is 47.0 Å². The molecule has 28 heavy (non-hydrogen) atoms. The first-order chi connectivity index (χ1) is 13.6. The summed E-state index contributed by atoms with van der Waals surface area (Å²) in [5.41, 5.74) is 3.82. The van der Waals surface area contributed by atoms with Crippen LogP contribution in [0.3, 0.4) is 0 Å². The lowest BCUT2D eigenvalue weighted by molar-refractivity contribution is 0.282. The number of aliphatic hydroxyl groups excluding tert-OH is 1. The van der Waals surface area contributed by atoms with Crippen LogP contribution in [0.1, 0.15) is 5.56 Å². The smallest absolute Gasteiger partial charge is 0.163 e. The number of fused-ring (bicyclic) bond motifs is 1. The molecule has 0 unspecified atom stereocenters. The maximum absolute atomic E-state index is 9.75. The highest BCUT2D eigenvalue weighted by atomic mass is 35.5. The summed E-state index contributed by atoms with van der Waals surface area (Å²) in [5.74, 6) is 1.89. The van der Waals surface area contributed by atoms with Gasteiger partial charge in [0.1, 0.15) is 12.1 Å². The van der Waals surface area contributed by atoms with Crippen molar-refractivity contribution in [3.63, 3.8) is 0 Å². The van der Waals surface area contributed by atoms with Gasteiger partial charge >= 0.3 is 0 Å². The van der Waals surface area contributed by atoms with Crippen LogP contribution in [0.15, 0.2) is 54.9 Å². The number of methoxy groups -OCH3 is 2. The lowest BCUT2D eigenvalue weighted by Crippen LogP contribution is -2.01. The Morgan fingerprint density at radius 2 is 1.82 bits per heavy atom. The van der Waals surface area contributed by atoms with Crippen molar-refractivity contribution in [1.82, 2.24) is 14.5 Å². The molecule has 0 saturated heterocycles. The number of benzene rings is 2. The Labute approximate surface area is 167 Å². The molecule has 0 fully saturated rings. The first-order valence-corrected chi connectivity index (χ1v) is 8.98. The zero-order chi connectivity index (χ0) is 19.7. The minimum atomic E-state index is -0.120. The van der Waals surface area contributed by atoms with Crippen molar-refractivity contribution in [3.05, 3.63) is 65.4 Å². The quantitative estimate of drug-likeness (QED) is 0.547. The van der Waals surface area contributed by atoms with E-state index in [-0.39, 0.29) is 6.61 Å². The number of pyridine rings is 1. The summed E-state index contributed by atoms with van der Waals surface area (Å²) in [6, 6.07) is 14.8. The molecule has 4 rings (SSSR count). The first kappa shape index (κ1) is 18.3. The summed E-state index contributed by atoms with van der Waals surface area (Å²) < 4.78 is 12.6. The summed E-state index contributed by atoms with van der Waals surface area (Å²) in [6.07, 6.45) is 1.70. The monoisotopic (exact) mass is 395 g/mol. The highest BCUT2D eigenvalue weighted by molar-refractivity contribution is 6.30. The Balaban J connectivity index is 1.89. The molecule has 2 aromatic carbocycles. The molecule has 0 aliphatic rings. The summed E-state index contributed by atoms with van der Waals surface area (Å²) in [4.78, 5) is 9.23. The predicted octanol–water partition coefficient (Wildman–Crippen LogP) is 4.25. The van der Waals surface area contributed by atoms with Gasteiger partial charge in [0.25, 0.3) is 0 Å². The molecule has 6 nitrogen and oxygen atoms in total. The molecule has 0 spiro atoms. The zero-order valence-corrected chi connectivity index (χ0v) is 16.1. The van der Waals surface area contributed by atoms with Crippen LogP contribution >= 0.6 is 11.6 Å². The van der Waals surface area contributed by atoms with Crippen LogP contribution in [0.25, 0.3) is 28.1 Å². The van der Waals surface area contributed by atoms with Gasteiger partial charge in [0, 0.05) is 28.3 Å². The summed E-state index contributed by atoms with van der Waals surface area (Å²) in [6.45, 7) is -0.120. The van der Waals surface area contributed by atoms with Gasteiger partial charge < -0.3 is 14.6 Å². The van der Waals surface area contributed by atoms with Gasteiger partial charge in [-0.2, -0.15) is 0 Å². The van der Waals surface area contributed by atoms with Gasteiger partial charge in [0.15, 0.2) is 11.5 Å². The first-order valence-electron chi connectivity index (χ1n) is 8.60. The van der Waals surface area contributed by atoms with Crippen LogP contribution < -0.4 is 9.47 Å². The maximum Gasteiger partial charge on any atom is 0.163 e. The topological polar surface area (TPSA) is 69.4 Å². The Kier molecular flexibility index (Phi) is 4.90. The highest BCUT2D eigenvalue weighted by Crippen LogP contribution is 2.33. The molecule has 0 amide bonds. The fourth-order valence-electron chi connectivity index (χ4n) is 3.14. The average molecular weight is 396 g/mol. The molecular formula is C21H18ClN3O3. The van der Waals surface area contributed by atoms with Crippen LogP contribution in [0.4, 0.5) is 0 Å². The number of aromatic nitrogens is 3. The Bertz CT molecular complexity index is 1160. The van der Waals surface area contributed by atoms with E-state index in [4.69, 9.17) is 26.1 Å². The van der Waals surface area contributed by atoms with Gasteiger partial charge in [-0.1, -0.05) is 29.8 Å². The van der Waals surface area contributed by atoms with Crippen molar-refractivity contribution < 1.29 is 14.6 Å². The molecule has 0 bridgehead atoms. The third kappa shape index (κ3) is 3.17. The molecule has 1 N–H and O–H groups in total. The molecule has 0 atom stereocenters. The normalized spacial score (nSPS) is 11.0. The van der Waals surface area contributed by atoms with Crippen molar-refractivity contribution in [2.45, 2.75) is 6.61 Å². The van der Waals surface area contributed by atoms with E-state index in [0.29, 0.717) is 28.0 Å². The molecule has 2 aromatic heterocycles. The van der Waals surface area contributed by atoms with Gasteiger partial charge in [-0.25, -0.2) is 9.97 Å². The zero-order valence-electron chi connectivity index (χ0n) is 15.4. The Hall–Kier alpha value is -3.09. The number of nitrogens with zero attached hydrogens (tertiary/aromatic N) is 3. The van der Waals surface area contributed by atoms with E-state index in [1.165, 1.54) is 0 Å². The van der Waals surface area contributed by atoms with Gasteiger partial charge in [-0.3, -0.25) is 4.57 Å².